The first kappa shape index (κ1) is 128. The fourth-order valence-corrected chi connectivity index (χ4v) is 12.9. The summed E-state index contributed by atoms with van der Waals surface area (Å²) in [6.07, 6.45) is 0.876. The van der Waals surface area contributed by atoms with Crippen molar-refractivity contribution in [3.05, 3.63) is 35.9 Å². The Balaban J connectivity index is 1.57. The third-order valence-electron chi connectivity index (χ3n) is 18.6. The number of carbonyl (C=O) groups excluding carboxylic acids is 17. The van der Waals surface area contributed by atoms with Gasteiger partial charge in [-0.3, -0.25) is 86.3 Å². The topological polar surface area (TPSA) is 720 Å². The molecule has 7 atom stereocenters. The number of carboxylic acids is 1. The lowest BCUT2D eigenvalue weighted by Gasteiger charge is -2.26. The number of nitrogens with one attached hydrogen (secondary N) is 16. The molecule has 17 amide bonds. The molecule has 1 aliphatic rings. The Morgan fingerprint density at radius 1 is 0.359 bits per heavy atom. The normalized spacial score (nSPS) is 17.1. The number of thiol groups is 2. The van der Waals surface area contributed by atoms with Gasteiger partial charge in [0.15, 0.2) is 0 Å². The van der Waals surface area contributed by atoms with Crippen LogP contribution in [0, 0.1) is 0 Å². The first-order chi connectivity index (χ1) is 68.7. The summed E-state index contributed by atoms with van der Waals surface area (Å²) >= 11 is 9.41. The zero-order chi connectivity index (χ0) is 104. The minimum Gasteiger partial charge on any atom is -0.481 e. The molecule has 2 rings (SSSR count). The number of rotatable bonds is 78. The van der Waals surface area contributed by atoms with Gasteiger partial charge in [-0.25, -0.2) is 0 Å². The van der Waals surface area contributed by atoms with Crippen LogP contribution in [0.4, 0.5) is 0 Å². The van der Waals surface area contributed by atoms with Gasteiger partial charge in [0.1, 0.15) is 95.1 Å². The summed E-state index contributed by atoms with van der Waals surface area (Å²) in [6, 6.07) is -1.61. The quantitative estimate of drug-likeness (QED) is 0.0213. The number of carbonyl (C=O) groups is 18. The average molecular weight is 2090 g/mol. The maximum atomic E-state index is 14.5. The van der Waals surface area contributed by atoms with Crippen molar-refractivity contribution in [3.8, 4) is 0 Å². The lowest BCUT2D eigenvalue weighted by Crippen LogP contribution is -2.60. The van der Waals surface area contributed by atoms with Gasteiger partial charge in [0.25, 0.3) is 0 Å². The standard InChI is InChI=1S/C86H146N18O35S3/c1-2-3-11-62-80(117)97-48-70(106)99-65(47-79(115)116)84(121)103-67(58-141)86(123)101-64(46-61-9-5-4-6-10-61)83(120)104-68(59-142-60-78(114)98-63(12-7-8-13-87)82(119)102-66(57-140)85(122)100-62)81(118)96-21-29-131-37-45-135-44-36-130-28-20-95-77(113)56-139-55-76(112)94-19-27-129-35-43-134-42-34-128-26-18-93-75(111)54-138-53-74(110)92-17-25-127-33-41-133-40-32-126-24-16-91-73(109)52-137-51-72(108)90-15-23-125-31-39-132-38-30-124-22-14-89-71(107)50-136-49-69(88)105/h4-6,9-10,62-68,140-141H,2-3,7-8,11-60,87H2,1H3,(H2,88,105)(H,89,107)(H,90,108)(H,91,109)(H,92,110)(H,93,111)(H,94,112)(H,95,113)(H,96,118)(H,97,117)(H,98,114)(H,99,106)(H,100,122)(H,101,123)(H,102,119)(H,103,121)(H,104,120)(H,115,116)/t62-,63-,64-,65-,66-,67-,68-/m0/s1. The van der Waals surface area contributed by atoms with E-state index in [9.17, 15) is 91.4 Å². The van der Waals surface area contributed by atoms with E-state index >= 15 is 0 Å². The van der Waals surface area contributed by atoms with Gasteiger partial charge in [-0.1, -0.05) is 50.1 Å². The highest BCUT2D eigenvalue weighted by Gasteiger charge is 2.35. The molecular formula is C86H146N18O35S3. The molecule has 142 heavy (non-hydrogen) atoms. The van der Waals surface area contributed by atoms with E-state index in [2.05, 4.69) is 110 Å². The molecule has 0 aliphatic carbocycles. The molecular weight excluding hydrogens is 1940 g/mol. The van der Waals surface area contributed by atoms with Crippen molar-refractivity contribution >= 4 is 143 Å². The Morgan fingerprint density at radius 2 is 0.662 bits per heavy atom. The largest absolute Gasteiger partial charge is 0.481 e. The predicted molar refractivity (Wildman–Crippen MR) is 513 cm³/mol. The van der Waals surface area contributed by atoms with Crippen molar-refractivity contribution in [2.45, 2.75) is 101 Å². The fraction of sp³-hybridized carbons (Fsp3) is 0.721. The molecule has 0 aromatic heterocycles. The fourth-order valence-electron chi connectivity index (χ4n) is 11.5. The molecule has 1 fully saturated rings. The zero-order valence-electron chi connectivity index (χ0n) is 80.4. The van der Waals surface area contributed by atoms with Gasteiger partial charge in [0, 0.05) is 76.0 Å². The van der Waals surface area contributed by atoms with Crippen molar-refractivity contribution in [3.63, 3.8) is 0 Å². The Morgan fingerprint density at radius 3 is 1.01 bits per heavy atom. The summed E-state index contributed by atoms with van der Waals surface area (Å²) in [5, 5.41) is 50.7. The monoisotopic (exact) mass is 2090 g/mol. The minimum absolute atomic E-state index is 0.0330. The number of primary amides is 1. The summed E-state index contributed by atoms with van der Waals surface area (Å²) in [5.74, 6) is -14.4. The second-order valence-corrected chi connectivity index (χ2v) is 32.1. The molecule has 21 N–H and O–H groups in total. The SMILES string of the molecule is CCCC[C@@H]1NC(=O)[C@H](CS)NC(=O)[C@H](CCCCN)NC(=O)CSC[C@@H](C(=O)NCCOCCOCCOCCNC(=O)COCC(=O)NCCOCCOCCOCCNC(=O)COCC(=O)NCCOCCOCCOCCNC(=O)COCC(=O)NCCOCCOCCOCCNC(=O)COCC(N)=O)NC(=O)[C@H](Cc2ccccc2)NC(=O)[C@H](CS)NC(=O)[C@H](CC(=O)O)NC(=O)CNC1=O. The van der Waals surface area contributed by atoms with Crippen molar-refractivity contribution in [1.82, 2.24) is 85.1 Å². The van der Waals surface area contributed by atoms with E-state index in [-0.39, 0.29) is 280 Å². The number of amides is 17. The van der Waals surface area contributed by atoms with E-state index in [4.69, 9.17) is 87.3 Å². The van der Waals surface area contributed by atoms with Gasteiger partial charge in [0.05, 0.1) is 177 Å². The Hall–Kier alpha value is -9.95. The maximum absolute atomic E-state index is 14.5. The van der Waals surface area contributed by atoms with Crippen LogP contribution in [0.5, 0.6) is 0 Å². The summed E-state index contributed by atoms with van der Waals surface area (Å²) in [4.78, 5) is 231. The second-order valence-electron chi connectivity index (χ2n) is 30.4. The number of ether oxygens (including phenoxy) is 16. The number of aliphatic carboxylic acids is 1. The van der Waals surface area contributed by atoms with Crippen molar-refractivity contribution < 1.29 is 167 Å². The number of thioether (sulfide) groups is 1. The van der Waals surface area contributed by atoms with Crippen LogP contribution in [0.1, 0.15) is 57.4 Å². The number of benzene rings is 1. The zero-order valence-corrected chi connectivity index (χ0v) is 83.0. The van der Waals surface area contributed by atoms with Gasteiger partial charge in [-0.05, 0) is 37.8 Å². The van der Waals surface area contributed by atoms with E-state index in [0.717, 1.165) is 11.8 Å². The van der Waals surface area contributed by atoms with E-state index < -0.39 is 167 Å². The van der Waals surface area contributed by atoms with Crippen LogP contribution in [0.15, 0.2) is 30.3 Å². The maximum Gasteiger partial charge on any atom is 0.305 e. The van der Waals surface area contributed by atoms with E-state index in [0.29, 0.717) is 57.7 Å². The van der Waals surface area contributed by atoms with Crippen LogP contribution in [0.3, 0.4) is 0 Å². The van der Waals surface area contributed by atoms with Gasteiger partial charge in [-0.2, -0.15) is 25.3 Å². The molecule has 808 valence electrons. The van der Waals surface area contributed by atoms with Gasteiger partial charge >= 0.3 is 5.97 Å². The molecule has 56 heteroatoms. The molecule has 0 saturated carbocycles. The Bertz CT molecular complexity index is 3800. The van der Waals surface area contributed by atoms with Crippen molar-refractivity contribution in [2.24, 2.45) is 11.5 Å². The van der Waals surface area contributed by atoms with Gasteiger partial charge < -0.3 is 177 Å². The summed E-state index contributed by atoms with van der Waals surface area (Å²) in [6.45, 7) is 5.19. The van der Waals surface area contributed by atoms with Crippen molar-refractivity contribution in [2.75, 3.05) is 300 Å². The van der Waals surface area contributed by atoms with Crippen LogP contribution >= 0.6 is 37.0 Å². The van der Waals surface area contributed by atoms with E-state index in [1.165, 1.54) is 0 Å². The number of unbranched alkanes of at least 4 members (excludes halogenated alkanes) is 2. The minimum atomic E-state index is -1.81. The first-order valence-corrected chi connectivity index (χ1v) is 48.9. The highest BCUT2D eigenvalue weighted by molar-refractivity contribution is 8.00. The molecule has 1 aliphatic heterocycles. The molecule has 1 heterocycles. The molecule has 0 radical (unpaired) electrons. The van der Waals surface area contributed by atoms with Gasteiger partial charge in [0.2, 0.25) is 100 Å². The lowest BCUT2D eigenvalue weighted by molar-refractivity contribution is -0.141. The highest BCUT2D eigenvalue weighted by Crippen LogP contribution is 2.12. The smallest absolute Gasteiger partial charge is 0.305 e. The lowest BCUT2D eigenvalue weighted by atomic mass is 10.0. The Kier molecular flexibility index (Phi) is 78.1. The molecule has 0 bridgehead atoms. The summed E-state index contributed by atoms with van der Waals surface area (Å²) in [7, 11) is 0. The number of hydrogen-bond acceptors (Lipinski definition) is 38. The highest BCUT2D eigenvalue weighted by atomic mass is 32.2. The van der Waals surface area contributed by atoms with Crippen LogP contribution < -0.4 is 96.5 Å². The molecule has 1 aromatic carbocycles. The van der Waals surface area contributed by atoms with Crippen LogP contribution in [-0.2, 0) is 169 Å². The van der Waals surface area contributed by atoms with E-state index in [1.807, 2.05) is 6.92 Å². The van der Waals surface area contributed by atoms with E-state index in [1.54, 1.807) is 30.3 Å². The molecule has 53 nitrogen and oxygen atoms in total. The third kappa shape index (κ3) is 71.5. The predicted octanol–water partition coefficient (Wildman–Crippen LogP) is -10.2. The van der Waals surface area contributed by atoms with Crippen LogP contribution in [0.25, 0.3) is 0 Å². The van der Waals surface area contributed by atoms with Crippen LogP contribution in [-0.4, -0.2) is 454 Å². The number of hydrogen-bond donors (Lipinski definition) is 21. The molecule has 1 aromatic rings. The third-order valence-corrected chi connectivity index (χ3v) is 20.4. The first-order valence-electron chi connectivity index (χ1n) is 46.5. The molecule has 1 saturated heterocycles. The average Bonchev–Trinajstić information content (AvgIpc) is 0.983. The molecule has 0 spiro atoms. The van der Waals surface area contributed by atoms with Crippen LogP contribution in [0.2, 0.25) is 0 Å². The second kappa shape index (κ2) is 86.5. The Labute approximate surface area is 839 Å². The van der Waals surface area contributed by atoms with Crippen molar-refractivity contribution in [1.29, 1.82) is 0 Å². The number of carboxylic acid groups (broad SMARTS) is 1. The van der Waals surface area contributed by atoms with Gasteiger partial charge in [-0.15, -0.1) is 11.8 Å². The number of nitrogens with two attached hydrogens (primary N) is 2. The molecule has 0 unspecified atom stereocenters. The summed E-state index contributed by atoms with van der Waals surface area (Å²) in [5.41, 5.74) is 11.2. The summed E-state index contributed by atoms with van der Waals surface area (Å²) < 4.78 is 85.8.